The quantitative estimate of drug-likeness (QED) is 0.753. The number of carbonyl (C=O) groups is 1. The SMILES string of the molecule is CC(CS(=O)(=O)c1ccc(F)cc1)C(=O)NCC1CNC1. The van der Waals surface area contributed by atoms with Gasteiger partial charge in [0.15, 0.2) is 9.84 Å². The van der Waals surface area contributed by atoms with Crippen LogP contribution in [-0.4, -0.2) is 39.7 Å². The Kier molecular flexibility index (Phi) is 4.95. The number of halogens is 1. The second-order valence-corrected chi connectivity index (χ2v) is 7.44. The Hall–Kier alpha value is -1.47. The van der Waals surface area contributed by atoms with Crippen LogP contribution in [0.3, 0.4) is 0 Å². The first-order chi connectivity index (χ1) is 9.88. The van der Waals surface area contributed by atoms with Crippen molar-refractivity contribution < 1.29 is 17.6 Å². The van der Waals surface area contributed by atoms with Crippen molar-refractivity contribution in [1.29, 1.82) is 0 Å². The van der Waals surface area contributed by atoms with Crippen LogP contribution in [0.25, 0.3) is 0 Å². The molecule has 0 radical (unpaired) electrons. The molecule has 0 aliphatic carbocycles. The summed E-state index contributed by atoms with van der Waals surface area (Å²) in [6.45, 7) is 3.90. The Bertz CT molecular complexity index is 597. The molecule has 5 nitrogen and oxygen atoms in total. The standard InChI is InChI=1S/C14H19FN2O3S/c1-10(14(18)17-8-11-6-16-7-11)9-21(19,20)13-4-2-12(15)3-5-13/h2-5,10-11,16H,6-9H2,1H3,(H,17,18). The van der Waals surface area contributed by atoms with Gasteiger partial charge < -0.3 is 10.6 Å². The minimum absolute atomic E-state index is 0.0340. The van der Waals surface area contributed by atoms with E-state index in [0.29, 0.717) is 12.5 Å². The first-order valence-corrected chi connectivity index (χ1v) is 8.50. The van der Waals surface area contributed by atoms with Gasteiger partial charge in [-0.2, -0.15) is 0 Å². The summed E-state index contributed by atoms with van der Waals surface area (Å²) in [7, 11) is -3.59. The van der Waals surface area contributed by atoms with Gasteiger partial charge in [0.05, 0.1) is 10.6 Å². The minimum atomic E-state index is -3.59. The average molecular weight is 314 g/mol. The van der Waals surface area contributed by atoms with Gasteiger partial charge in [-0.3, -0.25) is 4.79 Å². The highest BCUT2D eigenvalue weighted by Crippen LogP contribution is 2.15. The number of nitrogens with one attached hydrogen (secondary N) is 2. The highest BCUT2D eigenvalue weighted by atomic mass is 32.2. The van der Waals surface area contributed by atoms with Crippen molar-refractivity contribution in [2.24, 2.45) is 11.8 Å². The fourth-order valence-corrected chi connectivity index (χ4v) is 3.61. The highest BCUT2D eigenvalue weighted by Gasteiger charge is 2.24. The largest absolute Gasteiger partial charge is 0.355 e. The molecule has 1 unspecified atom stereocenters. The number of amides is 1. The third-order valence-corrected chi connectivity index (χ3v) is 5.45. The summed E-state index contributed by atoms with van der Waals surface area (Å²) >= 11 is 0. The fourth-order valence-electron chi connectivity index (χ4n) is 2.05. The van der Waals surface area contributed by atoms with Crippen molar-refractivity contribution in [3.8, 4) is 0 Å². The molecule has 1 heterocycles. The number of hydrogen-bond acceptors (Lipinski definition) is 4. The van der Waals surface area contributed by atoms with Crippen LogP contribution in [0.2, 0.25) is 0 Å². The molecule has 0 bridgehead atoms. The predicted octanol–water partition coefficient (Wildman–Crippen LogP) is 0.571. The normalized spacial score (nSPS) is 17.0. The van der Waals surface area contributed by atoms with E-state index in [0.717, 1.165) is 25.2 Å². The van der Waals surface area contributed by atoms with Crippen molar-refractivity contribution in [2.45, 2.75) is 11.8 Å². The molecule has 1 amide bonds. The van der Waals surface area contributed by atoms with Gasteiger partial charge in [-0.05, 0) is 24.3 Å². The summed E-state index contributed by atoms with van der Waals surface area (Å²) in [6, 6.07) is 4.63. The Morgan fingerprint density at radius 2 is 2.00 bits per heavy atom. The lowest BCUT2D eigenvalue weighted by Gasteiger charge is -2.27. The molecule has 1 aromatic carbocycles. The number of carbonyl (C=O) groups excluding carboxylic acids is 1. The molecule has 2 rings (SSSR count). The zero-order valence-corrected chi connectivity index (χ0v) is 12.6. The Morgan fingerprint density at radius 3 is 2.52 bits per heavy atom. The van der Waals surface area contributed by atoms with Crippen molar-refractivity contribution >= 4 is 15.7 Å². The van der Waals surface area contributed by atoms with Crippen molar-refractivity contribution in [3.63, 3.8) is 0 Å². The third-order valence-electron chi connectivity index (χ3n) is 3.52. The number of hydrogen-bond donors (Lipinski definition) is 2. The van der Waals surface area contributed by atoms with Crippen LogP contribution < -0.4 is 10.6 Å². The average Bonchev–Trinajstić information content (AvgIpc) is 2.36. The maximum Gasteiger partial charge on any atom is 0.223 e. The molecule has 1 aliphatic heterocycles. The molecule has 116 valence electrons. The third kappa shape index (κ3) is 4.25. The van der Waals surface area contributed by atoms with E-state index in [-0.39, 0.29) is 16.6 Å². The Balaban J connectivity index is 1.91. The molecule has 2 N–H and O–H groups in total. The summed E-state index contributed by atoms with van der Waals surface area (Å²) < 4.78 is 37.1. The zero-order chi connectivity index (χ0) is 15.5. The van der Waals surface area contributed by atoms with Gasteiger partial charge in [0, 0.05) is 31.5 Å². The maximum absolute atomic E-state index is 12.8. The smallest absolute Gasteiger partial charge is 0.223 e. The molecule has 1 saturated heterocycles. The zero-order valence-electron chi connectivity index (χ0n) is 11.8. The molecule has 0 spiro atoms. The summed E-state index contributed by atoms with van der Waals surface area (Å²) in [4.78, 5) is 11.9. The van der Waals surface area contributed by atoms with Crippen LogP contribution in [0.4, 0.5) is 4.39 Å². The lowest BCUT2D eigenvalue weighted by atomic mass is 10.0. The second-order valence-electron chi connectivity index (χ2n) is 5.41. The van der Waals surface area contributed by atoms with Gasteiger partial charge in [-0.25, -0.2) is 12.8 Å². The van der Waals surface area contributed by atoms with Gasteiger partial charge in [0.25, 0.3) is 0 Å². The van der Waals surface area contributed by atoms with Gasteiger partial charge in [-0.15, -0.1) is 0 Å². The van der Waals surface area contributed by atoms with Crippen LogP contribution in [0, 0.1) is 17.7 Å². The number of rotatable bonds is 6. The van der Waals surface area contributed by atoms with Crippen LogP contribution in [0.1, 0.15) is 6.92 Å². The summed E-state index contributed by atoms with van der Waals surface area (Å²) in [5.74, 6) is -1.27. The molecule has 1 atom stereocenters. The summed E-state index contributed by atoms with van der Waals surface area (Å²) in [5.41, 5.74) is 0. The van der Waals surface area contributed by atoms with E-state index in [2.05, 4.69) is 10.6 Å². The molecule has 1 aromatic rings. The molecule has 0 aromatic heterocycles. The van der Waals surface area contributed by atoms with Crippen LogP contribution in [0.5, 0.6) is 0 Å². The van der Waals surface area contributed by atoms with Crippen LogP contribution in [-0.2, 0) is 14.6 Å². The second kappa shape index (κ2) is 6.53. The first-order valence-electron chi connectivity index (χ1n) is 6.85. The molecule has 1 aliphatic rings. The number of benzene rings is 1. The topological polar surface area (TPSA) is 75.3 Å². The van der Waals surface area contributed by atoms with E-state index in [1.165, 1.54) is 12.1 Å². The van der Waals surface area contributed by atoms with Gasteiger partial charge in [-0.1, -0.05) is 6.92 Å². The van der Waals surface area contributed by atoms with E-state index >= 15 is 0 Å². The monoisotopic (exact) mass is 314 g/mol. The lowest BCUT2D eigenvalue weighted by molar-refractivity contribution is -0.124. The van der Waals surface area contributed by atoms with Gasteiger partial charge in [0.1, 0.15) is 5.82 Å². The Labute approximate surface area is 123 Å². The molecular formula is C14H19FN2O3S. The Morgan fingerprint density at radius 1 is 1.38 bits per heavy atom. The van der Waals surface area contributed by atoms with E-state index in [4.69, 9.17) is 0 Å². The highest BCUT2D eigenvalue weighted by molar-refractivity contribution is 7.91. The van der Waals surface area contributed by atoms with Crippen molar-refractivity contribution in [1.82, 2.24) is 10.6 Å². The summed E-state index contributed by atoms with van der Waals surface area (Å²) in [5, 5.41) is 5.86. The van der Waals surface area contributed by atoms with Crippen molar-refractivity contribution in [2.75, 3.05) is 25.4 Å². The van der Waals surface area contributed by atoms with Crippen LogP contribution in [0.15, 0.2) is 29.2 Å². The fraction of sp³-hybridized carbons (Fsp3) is 0.500. The van der Waals surface area contributed by atoms with Crippen molar-refractivity contribution in [3.05, 3.63) is 30.1 Å². The summed E-state index contributed by atoms with van der Waals surface area (Å²) in [6.07, 6.45) is 0. The first kappa shape index (κ1) is 15.9. The molecule has 21 heavy (non-hydrogen) atoms. The number of sulfone groups is 1. The maximum atomic E-state index is 12.8. The molecule has 1 fully saturated rings. The lowest BCUT2D eigenvalue weighted by Crippen LogP contribution is -2.49. The predicted molar refractivity (Wildman–Crippen MR) is 77.0 cm³/mol. The minimum Gasteiger partial charge on any atom is -0.355 e. The molecular weight excluding hydrogens is 295 g/mol. The van der Waals surface area contributed by atoms with Gasteiger partial charge in [0.2, 0.25) is 5.91 Å². The van der Waals surface area contributed by atoms with E-state index < -0.39 is 21.6 Å². The van der Waals surface area contributed by atoms with E-state index in [1.54, 1.807) is 6.92 Å². The van der Waals surface area contributed by atoms with E-state index in [9.17, 15) is 17.6 Å². The molecule has 0 saturated carbocycles. The van der Waals surface area contributed by atoms with Crippen LogP contribution >= 0.6 is 0 Å². The molecule has 7 heteroatoms. The van der Waals surface area contributed by atoms with Gasteiger partial charge >= 0.3 is 0 Å². The van der Waals surface area contributed by atoms with E-state index in [1.807, 2.05) is 0 Å².